The van der Waals surface area contributed by atoms with Crippen molar-refractivity contribution in [3.05, 3.63) is 81.5 Å². The van der Waals surface area contributed by atoms with Crippen LogP contribution in [-0.4, -0.2) is 40.2 Å². The summed E-state index contributed by atoms with van der Waals surface area (Å²) in [5.74, 6) is 0.822. The molecule has 1 aromatic heterocycles. The number of sulfonamides is 1. The normalized spacial score (nSPS) is 15.8. The lowest BCUT2D eigenvalue weighted by Crippen LogP contribution is -2.38. The van der Waals surface area contributed by atoms with Crippen molar-refractivity contribution in [1.29, 1.82) is 0 Å². The minimum atomic E-state index is -3.54. The number of aromatic nitrogens is 3. The van der Waals surface area contributed by atoms with E-state index >= 15 is 0 Å². The maximum absolute atomic E-state index is 13.2. The van der Waals surface area contributed by atoms with Crippen LogP contribution in [0.25, 0.3) is 0 Å². The molecule has 8 heteroatoms. The van der Waals surface area contributed by atoms with Crippen molar-refractivity contribution in [2.24, 2.45) is 0 Å². The molecule has 0 N–H and O–H groups in total. The van der Waals surface area contributed by atoms with Crippen molar-refractivity contribution in [3.8, 4) is 0 Å². The fourth-order valence-electron chi connectivity index (χ4n) is 4.50. The standard InChI is InChI=1S/C24H30N4O3S/c1-4-27-23(25-28(24(27)29)17-20-8-6-5-7-9-20)21-12-14-26(15-13-21)32(30,31)22-11-10-18(2)16-19(22)3/h5-11,16,21H,4,12-15,17H2,1-3H3. The largest absolute Gasteiger partial charge is 0.346 e. The van der Waals surface area contributed by atoms with Crippen molar-refractivity contribution >= 4 is 10.0 Å². The topological polar surface area (TPSA) is 77.2 Å². The highest BCUT2D eigenvalue weighted by Crippen LogP contribution is 2.30. The van der Waals surface area contributed by atoms with Crippen LogP contribution in [0.3, 0.4) is 0 Å². The Bertz CT molecular complexity index is 1250. The second-order valence-corrected chi connectivity index (χ2v) is 10.4. The van der Waals surface area contributed by atoms with Gasteiger partial charge in [0.05, 0.1) is 11.4 Å². The molecule has 7 nitrogen and oxygen atoms in total. The van der Waals surface area contributed by atoms with E-state index in [0.717, 1.165) is 22.5 Å². The van der Waals surface area contributed by atoms with Crippen molar-refractivity contribution in [2.45, 2.75) is 57.5 Å². The van der Waals surface area contributed by atoms with Gasteiger partial charge in [0.25, 0.3) is 0 Å². The number of piperidine rings is 1. The number of hydrogen-bond donors (Lipinski definition) is 0. The van der Waals surface area contributed by atoms with Gasteiger partial charge in [-0.15, -0.1) is 0 Å². The molecule has 1 aliphatic heterocycles. The summed E-state index contributed by atoms with van der Waals surface area (Å²) in [6.45, 7) is 7.56. The van der Waals surface area contributed by atoms with Crippen LogP contribution in [0.4, 0.5) is 0 Å². The van der Waals surface area contributed by atoms with Crippen LogP contribution in [0.2, 0.25) is 0 Å². The van der Waals surface area contributed by atoms with Gasteiger partial charge in [-0.1, -0.05) is 48.0 Å². The van der Waals surface area contributed by atoms with Gasteiger partial charge in [0, 0.05) is 25.6 Å². The Morgan fingerprint density at radius 3 is 2.34 bits per heavy atom. The van der Waals surface area contributed by atoms with E-state index in [1.807, 2.05) is 63.2 Å². The molecule has 0 saturated carbocycles. The number of benzene rings is 2. The van der Waals surface area contributed by atoms with Crippen molar-refractivity contribution < 1.29 is 8.42 Å². The lowest BCUT2D eigenvalue weighted by molar-refractivity contribution is 0.308. The third kappa shape index (κ3) is 4.29. The summed E-state index contributed by atoms with van der Waals surface area (Å²) < 4.78 is 31.2. The van der Waals surface area contributed by atoms with Crippen molar-refractivity contribution in [1.82, 2.24) is 18.7 Å². The van der Waals surface area contributed by atoms with Crippen LogP contribution in [0.15, 0.2) is 58.2 Å². The highest BCUT2D eigenvalue weighted by atomic mass is 32.2. The molecule has 0 aliphatic carbocycles. The van der Waals surface area contributed by atoms with Gasteiger partial charge in [-0.25, -0.2) is 17.9 Å². The van der Waals surface area contributed by atoms with E-state index in [9.17, 15) is 13.2 Å². The fraction of sp³-hybridized carbons (Fsp3) is 0.417. The predicted octanol–water partition coefficient (Wildman–Crippen LogP) is 3.30. The maximum Gasteiger partial charge on any atom is 0.346 e. The molecule has 1 aliphatic rings. The first kappa shape index (κ1) is 22.5. The zero-order valence-electron chi connectivity index (χ0n) is 18.9. The van der Waals surface area contributed by atoms with Gasteiger partial charge in [-0.05, 0) is 50.8 Å². The van der Waals surface area contributed by atoms with Gasteiger partial charge in [0.2, 0.25) is 10.0 Å². The predicted molar refractivity (Wildman–Crippen MR) is 124 cm³/mol. The third-order valence-electron chi connectivity index (χ3n) is 6.21. The summed E-state index contributed by atoms with van der Waals surface area (Å²) in [7, 11) is -3.54. The number of rotatable bonds is 6. The van der Waals surface area contributed by atoms with Crippen LogP contribution < -0.4 is 5.69 Å². The van der Waals surface area contributed by atoms with Crippen molar-refractivity contribution in [3.63, 3.8) is 0 Å². The first-order chi connectivity index (χ1) is 15.3. The molecule has 1 fully saturated rings. The lowest BCUT2D eigenvalue weighted by atomic mass is 9.97. The molecule has 2 heterocycles. The van der Waals surface area contributed by atoms with Crippen molar-refractivity contribution in [2.75, 3.05) is 13.1 Å². The molecular formula is C24H30N4O3S. The summed E-state index contributed by atoms with van der Waals surface area (Å²) in [5.41, 5.74) is 2.73. The quantitative estimate of drug-likeness (QED) is 0.573. The Balaban J connectivity index is 1.53. The highest BCUT2D eigenvalue weighted by Gasteiger charge is 2.33. The molecule has 0 spiro atoms. The highest BCUT2D eigenvalue weighted by molar-refractivity contribution is 7.89. The summed E-state index contributed by atoms with van der Waals surface area (Å²) >= 11 is 0. The molecular weight excluding hydrogens is 424 g/mol. The average molecular weight is 455 g/mol. The number of nitrogens with zero attached hydrogens (tertiary/aromatic N) is 4. The molecule has 170 valence electrons. The summed E-state index contributed by atoms with van der Waals surface area (Å²) in [6.07, 6.45) is 1.29. The van der Waals surface area contributed by atoms with Crippen LogP contribution in [0.1, 0.15) is 48.2 Å². The third-order valence-corrected chi connectivity index (χ3v) is 8.27. The van der Waals surface area contributed by atoms with Gasteiger partial charge >= 0.3 is 5.69 Å². The molecule has 0 atom stereocenters. The van der Waals surface area contributed by atoms with E-state index in [1.54, 1.807) is 14.9 Å². The maximum atomic E-state index is 13.2. The Hall–Kier alpha value is -2.71. The Kier molecular flexibility index (Phi) is 6.35. The zero-order valence-corrected chi connectivity index (χ0v) is 19.7. The van der Waals surface area contributed by atoms with Crippen LogP contribution in [0, 0.1) is 13.8 Å². The Morgan fingerprint density at radius 2 is 1.72 bits per heavy atom. The van der Waals surface area contributed by atoms with E-state index in [1.165, 1.54) is 4.68 Å². The second kappa shape index (κ2) is 9.03. The molecule has 32 heavy (non-hydrogen) atoms. The van der Waals surface area contributed by atoms with E-state index in [2.05, 4.69) is 5.10 Å². The van der Waals surface area contributed by atoms with Gasteiger partial charge < -0.3 is 0 Å². The molecule has 1 saturated heterocycles. The summed E-state index contributed by atoms with van der Waals surface area (Å²) in [4.78, 5) is 13.3. The minimum Gasteiger partial charge on any atom is -0.279 e. The Morgan fingerprint density at radius 1 is 1.03 bits per heavy atom. The minimum absolute atomic E-state index is 0.0604. The zero-order chi connectivity index (χ0) is 22.9. The monoisotopic (exact) mass is 454 g/mol. The molecule has 0 amide bonds. The number of aryl methyl sites for hydroxylation is 2. The van der Waals surface area contributed by atoms with Gasteiger partial charge in [-0.3, -0.25) is 4.57 Å². The van der Waals surface area contributed by atoms with E-state index < -0.39 is 10.0 Å². The van der Waals surface area contributed by atoms with Crippen LogP contribution >= 0.6 is 0 Å². The molecule has 2 aromatic carbocycles. The fourth-order valence-corrected chi connectivity index (χ4v) is 6.17. The SMILES string of the molecule is CCn1c(C2CCN(S(=O)(=O)c3ccc(C)cc3C)CC2)nn(Cc2ccccc2)c1=O. The summed E-state index contributed by atoms with van der Waals surface area (Å²) in [6, 6.07) is 15.2. The van der Waals surface area contributed by atoms with E-state index in [4.69, 9.17) is 0 Å². The average Bonchev–Trinajstić information content (AvgIpc) is 3.09. The molecule has 0 radical (unpaired) electrons. The van der Waals surface area contributed by atoms with E-state index in [-0.39, 0.29) is 11.6 Å². The van der Waals surface area contributed by atoms with Crippen LogP contribution in [-0.2, 0) is 23.1 Å². The lowest BCUT2D eigenvalue weighted by Gasteiger charge is -2.31. The number of hydrogen-bond acceptors (Lipinski definition) is 4. The first-order valence-corrected chi connectivity index (χ1v) is 12.5. The molecule has 3 aromatic rings. The van der Waals surface area contributed by atoms with Gasteiger partial charge in [0.15, 0.2) is 0 Å². The Labute approximate surface area is 189 Å². The summed E-state index contributed by atoms with van der Waals surface area (Å²) in [5, 5.41) is 4.67. The molecule has 0 unspecified atom stereocenters. The van der Waals surface area contributed by atoms with Gasteiger partial charge in [-0.2, -0.15) is 9.40 Å². The molecule has 0 bridgehead atoms. The first-order valence-electron chi connectivity index (χ1n) is 11.1. The van der Waals surface area contributed by atoms with Gasteiger partial charge in [0.1, 0.15) is 5.82 Å². The molecule has 4 rings (SSSR count). The van der Waals surface area contributed by atoms with Crippen LogP contribution in [0.5, 0.6) is 0 Å². The van der Waals surface area contributed by atoms with E-state index in [0.29, 0.717) is 43.9 Å². The second-order valence-electron chi connectivity index (χ2n) is 8.48. The smallest absolute Gasteiger partial charge is 0.279 e.